The fourth-order valence-electron chi connectivity index (χ4n) is 11.1. The largest absolute Gasteiger partial charge is 0.472 e. The van der Waals surface area contributed by atoms with Crippen molar-refractivity contribution in [3.05, 3.63) is 0 Å². The highest BCUT2D eigenvalue weighted by Crippen LogP contribution is 2.45. The molecule has 0 aliphatic heterocycles. The van der Waals surface area contributed by atoms with Gasteiger partial charge in [-0.1, -0.05) is 324 Å². The number of rotatable bonds is 72. The Labute approximate surface area is 562 Å². The number of ether oxygens (including phenoxy) is 4. The molecule has 0 aromatic carbocycles. The topological polar surface area (TPSA) is 237 Å². The van der Waals surface area contributed by atoms with Crippen molar-refractivity contribution in [2.45, 2.75) is 394 Å². The van der Waals surface area contributed by atoms with Gasteiger partial charge in [0.15, 0.2) is 12.2 Å². The second-order valence-electron chi connectivity index (χ2n) is 27.3. The average Bonchev–Trinajstić information content (AvgIpc) is 2.54. The Morgan fingerprint density at radius 1 is 0.293 bits per heavy atom. The lowest BCUT2D eigenvalue weighted by molar-refractivity contribution is -0.161. The van der Waals surface area contributed by atoms with Crippen LogP contribution >= 0.6 is 15.6 Å². The van der Waals surface area contributed by atoms with Crippen LogP contribution in [0.4, 0.5) is 0 Å². The average molecular weight is 1350 g/mol. The van der Waals surface area contributed by atoms with E-state index in [1.165, 1.54) is 186 Å². The zero-order valence-corrected chi connectivity index (χ0v) is 61.6. The van der Waals surface area contributed by atoms with Gasteiger partial charge in [0, 0.05) is 25.7 Å². The fraction of sp³-hybridized carbons (Fsp3) is 0.945. The lowest BCUT2D eigenvalue weighted by Crippen LogP contribution is -2.30. The number of unbranched alkanes of at least 4 members (excludes halogenated alkanes) is 42. The molecule has 0 aromatic heterocycles. The highest BCUT2D eigenvalue weighted by Gasteiger charge is 2.30. The third-order valence-electron chi connectivity index (χ3n) is 17.0. The molecule has 2 unspecified atom stereocenters. The lowest BCUT2D eigenvalue weighted by Gasteiger charge is -2.21. The van der Waals surface area contributed by atoms with E-state index in [1.54, 1.807) is 0 Å². The second kappa shape index (κ2) is 65.0. The van der Waals surface area contributed by atoms with Gasteiger partial charge < -0.3 is 33.8 Å². The van der Waals surface area contributed by atoms with Gasteiger partial charge in [0.1, 0.15) is 19.3 Å². The van der Waals surface area contributed by atoms with Gasteiger partial charge in [-0.05, 0) is 37.5 Å². The molecule has 0 aliphatic rings. The van der Waals surface area contributed by atoms with Crippen molar-refractivity contribution in [1.82, 2.24) is 0 Å². The summed E-state index contributed by atoms with van der Waals surface area (Å²) >= 11 is 0. The molecular weight excluding hydrogens is 1210 g/mol. The predicted octanol–water partition coefficient (Wildman–Crippen LogP) is 21.2. The third kappa shape index (κ3) is 66.7. The summed E-state index contributed by atoms with van der Waals surface area (Å²) in [6.45, 7) is 9.58. The molecule has 92 heavy (non-hydrogen) atoms. The van der Waals surface area contributed by atoms with Crippen LogP contribution in [0.2, 0.25) is 0 Å². The van der Waals surface area contributed by atoms with Gasteiger partial charge in [-0.15, -0.1) is 0 Å². The van der Waals surface area contributed by atoms with Crippen LogP contribution in [-0.4, -0.2) is 96.7 Å². The zero-order chi connectivity index (χ0) is 67.9. The van der Waals surface area contributed by atoms with Crippen LogP contribution in [0, 0.1) is 11.8 Å². The Kier molecular flexibility index (Phi) is 63.7. The number of carbonyl (C=O) groups is 4. The molecule has 3 N–H and O–H groups in total. The summed E-state index contributed by atoms with van der Waals surface area (Å²) in [4.78, 5) is 72.6. The van der Waals surface area contributed by atoms with Gasteiger partial charge in [0.2, 0.25) is 0 Å². The molecule has 17 nitrogen and oxygen atoms in total. The van der Waals surface area contributed by atoms with E-state index in [2.05, 4.69) is 41.5 Å². The maximum Gasteiger partial charge on any atom is 0.472 e. The Balaban J connectivity index is 5.20. The number of hydrogen-bond donors (Lipinski definition) is 3. The van der Waals surface area contributed by atoms with E-state index in [4.69, 9.17) is 37.0 Å². The summed E-state index contributed by atoms with van der Waals surface area (Å²) in [5.74, 6) is -0.541. The molecule has 0 heterocycles. The summed E-state index contributed by atoms with van der Waals surface area (Å²) in [5.41, 5.74) is 0. The van der Waals surface area contributed by atoms with Crippen LogP contribution in [-0.2, 0) is 65.4 Å². The van der Waals surface area contributed by atoms with E-state index in [0.29, 0.717) is 25.7 Å². The molecule has 0 saturated carbocycles. The summed E-state index contributed by atoms with van der Waals surface area (Å²) in [6.07, 6.45) is 51.3. The minimum Gasteiger partial charge on any atom is -0.462 e. The minimum atomic E-state index is -4.95. The molecular formula is C73H142O17P2. The Morgan fingerprint density at radius 3 is 0.739 bits per heavy atom. The SMILES string of the molecule is CCCCCCCCCCCCCC(=O)O[C@H](COC(=O)CCCCCCCCCC)COP(=O)(O)OC[C@H](O)COP(=O)(O)OC[C@@H](COC(=O)CCCCCCCCCCCCCC(C)C)OC(=O)CCCCCCCCCCCCCCCCCCC(C)C. The number of phosphoric acid groups is 2. The lowest BCUT2D eigenvalue weighted by atomic mass is 10.0. The molecule has 0 aromatic rings. The quantitative estimate of drug-likeness (QED) is 0.0222. The monoisotopic (exact) mass is 1350 g/mol. The van der Waals surface area contributed by atoms with E-state index >= 15 is 0 Å². The van der Waals surface area contributed by atoms with E-state index < -0.39 is 97.5 Å². The standard InChI is InChI=1S/C73H142O17P2/c1-7-9-11-13-15-17-25-33-39-45-51-57-72(77)89-68(61-83-70(75)55-49-43-37-16-14-12-10-8-2)63-87-91(79,80)85-59-67(74)60-86-92(81,82)88-64-69(62-84-71(76)56-50-44-38-32-29-24-27-31-36-42-48-54-66(5)6)90-73(78)58-52-46-40-34-28-23-21-19-18-20-22-26-30-35-41-47-53-65(3)4/h65-69,74H,7-64H2,1-6H3,(H,79,80)(H,81,82)/t67-,68+,69+/m0/s1. The molecule has 19 heteroatoms. The molecule has 0 rings (SSSR count). The van der Waals surface area contributed by atoms with E-state index in [-0.39, 0.29) is 25.7 Å². The minimum absolute atomic E-state index is 0.107. The van der Waals surface area contributed by atoms with Crippen molar-refractivity contribution in [3.8, 4) is 0 Å². The normalized spacial score (nSPS) is 14.1. The first-order valence-electron chi connectivity index (χ1n) is 38.0. The van der Waals surface area contributed by atoms with Gasteiger partial charge >= 0.3 is 39.5 Å². The molecule has 0 amide bonds. The number of hydrogen-bond acceptors (Lipinski definition) is 15. The Morgan fingerprint density at radius 2 is 0.500 bits per heavy atom. The van der Waals surface area contributed by atoms with Crippen molar-refractivity contribution < 1.29 is 80.2 Å². The zero-order valence-electron chi connectivity index (χ0n) is 59.9. The van der Waals surface area contributed by atoms with Gasteiger partial charge in [-0.2, -0.15) is 0 Å². The number of aliphatic hydroxyl groups excluding tert-OH is 1. The summed E-state index contributed by atoms with van der Waals surface area (Å²) in [5, 5.41) is 10.6. The van der Waals surface area contributed by atoms with E-state index in [9.17, 15) is 43.2 Å². The molecule has 0 fully saturated rings. The number of phosphoric ester groups is 2. The molecule has 0 spiro atoms. The van der Waals surface area contributed by atoms with Gasteiger partial charge in [-0.25, -0.2) is 9.13 Å². The molecule has 546 valence electrons. The van der Waals surface area contributed by atoms with Crippen LogP contribution in [0.15, 0.2) is 0 Å². The summed E-state index contributed by atoms with van der Waals surface area (Å²) in [6, 6.07) is 0. The van der Waals surface area contributed by atoms with Crippen molar-refractivity contribution in [2.75, 3.05) is 39.6 Å². The number of aliphatic hydroxyl groups is 1. The summed E-state index contributed by atoms with van der Waals surface area (Å²) < 4.78 is 68.3. The molecule has 0 bridgehead atoms. The van der Waals surface area contributed by atoms with E-state index in [0.717, 1.165) is 108 Å². The number of carbonyl (C=O) groups excluding carboxylic acids is 4. The first-order valence-corrected chi connectivity index (χ1v) is 41.0. The number of esters is 4. The van der Waals surface area contributed by atoms with Crippen molar-refractivity contribution in [2.24, 2.45) is 11.8 Å². The van der Waals surface area contributed by atoms with Crippen LogP contribution in [0.5, 0.6) is 0 Å². The van der Waals surface area contributed by atoms with Crippen molar-refractivity contribution >= 4 is 39.5 Å². The molecule has 0 saturated heterocycles. The maximum atomic E-state index is 13.1. The van der Waals surface area contributed by atoms with Crippen LogP contribution in [0.3, 0.4) is 0 Å². The van der Waals surface area contributed by atoms with Crippen LogP contribution in [0.1, 0.15) is 375 Å². The smallest absolute Gasteiger partial charge is 0.462 e. The first-order chi connectivity index (χ1) is 44.4. The van der Waals surface area contributed by atoms with E-state index in [1.807, 2.05) is 0 Å². The Hall–Kier alpha value is -1.94. The molecule has 0 radical (unpaired) electrons. The summed E-state index contributed by atoms with van der Waals surface area (Å²) in [7, 11) is -9.90. The van der Waals surface area contributed by atoms with Gasteiger partial charge in [0.25, 0.3) is 0 Å². The van der Waals surface area contributed by atoms with Gasteiger partial charge in [0.05, 0.1) is 26.4 Å². The van der Waals surface area contributed by atoms with Crippen LogP contribution < -0.4 is 0 Å². The predicted molar refractivity (Wildman–Crippen MR) is 372 cm³/mol. The second-order valence-corrected chi connectivity index (χ2v) is 30.2. The Bertz CT molecular complexity index is 1790. The van der Waals surface area contributed by atoms with Crippen molar-refractivity contribution in [1.29, 1.82) is 0 Å². The third-order valence-corrected chi connectivity index (χ3v) is 18.9. The fourth-order valence-corrected chi connectivity index (χ4v) is 12.7. The highest BCUT2D eigenvalue weighted by atomic mass is 31.2. The molecule has 5 atom stereocenters. The highest BCUT2D eigenvalue weighted by molar-refractivity contribution is 7.47. The van der Waals surface area contributed by atoms with Crippen molar-refractivity contribution in [3.63, 3.8) is 0 Å². The maximum absolute atomic E-state index is 13.1. The first kappa shape index (κ1) is 90.1. The molecule has 0 aliphatic carbocycles. The van der Waals surface area contributed by atoms with Crippen LogP contribution in [0.25, 0.3) is 0 Å². The van der Waals surface area contributed by atoms with Gasteiger partial charge in [-0.3, -0.25) is 37.3 Å².